The maximum absolute atomic E-state index is 12.6. The molecule has 0 spiro atoms. The maximum Gasteiger partial charge on any atom is 0.261 e. The second kappa shape index (κ2) is 8.63. The van der Waals surface area contributed by atoms with Gasteiger partial charge in [0.15, 0.2) is 0 Å². The fraction of sp³-hybridized carbons (Fsp3) is 0.136. The van der Waals surface area contributed by atoms with E-state index < -0.39 is 10.0 Å². The van der Waals surface area contributed by atoms with Crippen LogP contribution in [0.4, 0.5) is 5.69 Å². The number of rotatable bonds is 5. The highest BCUT2D eigenvalue weighted by Crippen LogP contribution is 2.25. The van der Waals surface area contributed by atoms with E-state index in [-0.39, 0.29) is 10.8 Å². The van der Waals surface area contributed by atoms with Gasteiger partial charge in [0.25, 0.3) is 10.0 Å². The van der Waals surface area contributed by atoms with Crippen molar-refractivity contribution in [1.29, 1.82) is 0 Å². The molecule has 0 radical (unpaired) electrons. The van der Waals surface area contributed by atoms with Gasteiger partial charge in [-0.25, -0.2) is 8.42 Å². The van der Waals surface area contributed by atoms with E-state index in [0.29, 0.717) is 23.8 Å². The standard InChI is InChI=1S/C22H19ClN2O3S2/c23-19-3-1-2-4-20(19)24-30(27,28)18-8-5-16(6-9-18)7-10-22(26)25-13-11-21-17(15-25)12-14-29-21/h1-10,12,14,24H,11,13,15H2/b10-7+. The number of nitrogens with zero attached hydrogens (tertiary/aromatic N) is 1. The molecule has 3 aromatic rings. The largest absolute Gasteiger partial charge is 0.334 e. The molecular weight excluding hydrogens is 440 g/mol. The fourth-order valence-electron chi connectivity index (χ4n) is 3.22. The fourth-order valence-corrected chi connectivity index (χ4v) is 5.42. The summed E-state index contributed by atoms with van der Waals surface area (Å²) in [6, 6.07) is 15.1. The lowest BCUT2D eigenvalue weighted by Gasteiger charge is -2.25. The lowest BCUT2D eigenvalue weighted by atomic mass is 10.1. The zero-order valence-electron chi connectivity index (χ0n) is 15.9. The van der Waals surface area contributed by atoms with Gasteiger partial charge in [0.1, 0.15) is 0 Å². The summed E-state index contributed by atoms with van der Waals surface area (Å²) in [5, 5.41) is 2.39. The molecular formula is C22H19ClN2O3S2. The van der Waals surface area contributed by atoms with E-state index in [4.69, 9.17) is 11.6 Å². The number of amides is 1. The summed E-state index contributed by atoms with van der Waals surface area (Å²) in [5.74, 6) is -0.0519. The van der Waals surface area contributed by atoms with Crippen molar-refractivity contribution in [2.45, 2.75) is 17.9 Å². The van der Waals surface area contributed by atoms with Gasteiger partial charge in [-0.2, -0.15) is 0 Å². The monoisotopic (exact) mass is 458 g/mol. The van der Waals surface area contributed by atoms with Crippen LogP contribution in [0, 0.1) is 0 Å². The summed E-state index contributed by atoms with van der Waals surface area (Å²) in [4.78, 5) is 15.8. The maximum atomic E-state index is 12.6. The van der Waals surface area contributed by atoms with E-state index in [1.54, 1.807) is 53.8 Å². The Morgan fingerprint density at radius 3 is 2.63 bits per heavy atom. The van der Waals surface area contributed by atoms with E-state index in [2.05, 4.69) is 16.2 Å². The van der Waals surface area contributed by atoms with Gasteiger partial charge in [0, 0.05) is 24.0 Å². The van der Waals surface area contributed by atoms with Crippen LogP contribution in [0.15, 0.2) is 70.9 Å². The number of thiophene rings is 1. The Bertz CT molecular complexity index is 1200. The third-order valence-electron chi connectivity index (χ3n) is 4.85. The molecule has 1 aromatic heterocycles. The van der Waals surface area contributed by atoms with Crippen LogP contribution in [-0.4, -0.2) is 25.8 Å². The van der Waals surface area contributed by atoms with Gasteiger partial charge in [-0.15, -0.1) is 11.3 Å². The van der Waals surface area contributed by atoms with Crippen LogP contribution in [0.2, 0.25) is 5.02 Å². The molecule has 0 atom stereocenters. The molecule has 0 saturated heterocycles. The predicted octanol–water partition coefficient (Wildman–Crippen LogP) is 4.80. The lowest BCUT2D eigenvalue weighted by molar-refractivity contribution is -0.126. The predicted molar refractivity (Wildman–Crippen MR) is 121 cm³/mol. The zero-order valence-corrected chi connectivity index (χ0v) is 18.3. The molecule has 30 heavy (non-hydrogen) atoms. The molecule has 1 aliphatic rings. The topological polar surface area (TPSA) is 66.5 Å². The average molecular weight is 459 g/mol. The van der Waals surface area contributed by atoms with E-state index >= 15 is 0 Å². The Hall–Kier alpha value is -2.61. The molecule has 2 heterocycles. The summed E-state index contributed by atoms with van der Waals surface area (Å²) < 4.78 is 27.6. The van der Waals surface area contributed by atoms with Crippen LogP contribution in [0.25, 0.3) is 6.08 Å². The highest BCUT2D eigenvalue weighted by Gasteiger charge is 2.20. The number of hydrogen-bond acceptors (Lipinski definition) is 4. The summed E-state index contributed by atoms with van der Waals surface area (Å²) in [7, 11) is -3.76. The van der Waals surface area contributed by atoms with Gasteiger partial charge in [-0.05, 0) is 59.3 Å². The van der Waals surface area contributed by atoms with Crippen LogP contribution < -0.4 is 4.72 Å². The molecule has 154 valence electrons. The summed E-state index contributed by atoms with van der Waals surface area (Å²) in [6.07, 6.45) is 4.11. The van der Waals surface area contributed by atoms with Crippen molar-refractivity contribution in [3.63, 3.8) is 0 Å². The van der Waals surface area contributed by atoms with E-state index in [0.717, 1.165) is 12.0 Å². The Labute approximate surface area is 184 Å². The molecule has 1 aliphatic heterocycles. The normalized spacial score (nSPS) is 14.0. The number of sulfonamides is 1. The van der Waals surface area contributed by atoms with Crippen molar-refractivity contribution in [2.24, 2.45) is 0 Å². The molecule has 0 saturated carbocycles. The highest BCUT2D eigenvalue weighted by atomic mass is 35.5. The van der Waals surface area contributed by atoms with Crippen molar-refractivity contribution < 1.29 is 13.2 Å². The second-order valence-electron chi connectivity index (χ2n) is 6.87. The van der Waals surface area contributed by atoms with Crippen molar-refractivity contribution in [3.05, 3.63) is 87.1 Å². The molecule has 0 unspecified atom stereocenters. The van der Waals surface area contributed by atoms with Gasteiger partial charge in [-0.3, -0.25) is 9.52 Å². The quantitative estimate of drug-likeness (QED) is 0.558. The zero-order chi connectivity index (χ0) is 21.1. The molecule has 4 rings (SSSR count). The Balaban J connectivity index is 1.42. The molecule has 2 aromatic carbocycles. The molecule has 1 N–H and O–H groups in total. The number of halogens is 1. The van der Waals surface area contributed by atoms with Crippen molar-refractivity contribution in [1.82, 2.24) is 4.90 Å². The number of carbonyl (C=O) groups is 1. The van der Waals surface area contributed by atoms with E-state index in [1.807, 2.05) is 4.90 Å². The molecule has 5 nitrogen and oxygen atoms in total. The number of nitrogens with one attached hydrogen (secondary N) is 1. The number of para-hydroxylation sites is 1. The molecule has 1 amide bonds. The van der Waals surface area contributed by atoms with Crippen molar-refractivity contribution in [2.75, 3.05) is 11.3 Å². The summed E-state index contributed by atoms with van der Waals surface area (Å²) >= 11 is 7.76. The number of hydrogen-bond donors (Lipinski definition) is 1. The first kappa shape index (κ1) is 20.7. The molecule has 8 heteroatoms. The van der Waals surface area contributed by atoms with Gasteiger partial charge < -0.3 is 4.90 Å². The van der Waals surface area contributed by atoms with Crippen LogP contribution in [-0.2, 0) is 27.8 Å². The third kappa shape index (κ3) is 4.59. The van der Waals surface area contributed by atoms with Gasteiger partial charge in [-0.1, -0.05) is 35.9 Å². The Morgan fingerprint density at radius 2 is 1.87 bits per heavy atom. The van der Waals surface area contributed by atoms with Gasteiger partial charge in [0.05, 0.1) is 15.6 Å². The van der Waals surface area contributed by atoms with E-state index in [1.165, 1.54) is 28.6 Å². The highest BCUT2D eigenvalue weighted by molar-refractivity contribution is 7.92. The van der Waals surface area contributed by atoms with Gasteiger partial charge >= 0.3 is 0 Å². The number of anilines is 1. The first-order valence-electron chi connectivity index (χ1n) is 9.32. The van der Waals surface area contributed by atoms with Crippen molar-refractivity contribution >= 4 is 50.6 Å². The smallest absolute Gasteiger partial charge is 0.261 e. The second-order valence-corrected chi connectivity index (χ2v) is 9.96. The number of fused-ring (bicyclic) bond motifs is 1. The SMILES string of the molecule is O=C(/C=C/c1ccc(S(=O)(=O)Nc2ccccc2Cl)cc1)N1CCc2sccc2C1. The average Bonchev–Trinajstić information content (AvgIpc) is 3.22. The number of benzene rings is 2. The van der Waals surface area contributed by atoms with Crippen molar-refractivity contribution in [3.8, 4) is 0 Å². The first-order chi connectivity index (χ1) is 14.4. The van der Waals surface area contributed by atoms with E-state index in [9.17, 15) is 13.2 Å². The molecule has 0 aliphatic carbocycles. The lowest BCUT2D eigenvalue weighted by Crippen LogP contribution is -2.34. The van der Waals surface area contributed by atoms with Gasteiger partial charge in [0.2, 0.25) is 5.91 Å². The minimum atomic E-state index is -3.76. The Morgan fingerprint density at radius 1 is 1.10 bits per heavy atom. The summed E-state index contributed by atoms with van der Waals surface area (Å²) in [6.45, 7) is 1.34. The first-order valence-corrected chi connectivity index (χ1v) is 12.1. The molecule has 0 bridgehead atoms. The molecule has 0 fully saturated rings. The summed E-state index contributed by atoms with van der Waals surface area (Å²) in [5.41, 5.74) is 2.28. The van der Waals surface area contributed by atoms with Crippen LogP contribution in [0.3, 0.4) is 0 Å². The van der Waals surface area contributed by atoms with Crippen LogP contribution in [0.5, 0.6) is 0 Å². The Kier molecular flexibility index (Phi) is 5.94. The third-order valence-corrected chi connectivity index (χ3v) is 7.58. The van der Waals surface area contributed by atoms with Crippen LogP contribution in [0.1, 0.15) is 16.0 Å². The minimum absolute atomic E-state index is 0.0519. The van der Waals surface area contributed by atoms with Crippen LogP contribution >= 0.6 is 22.9 Å². The minimum Gasteiger partial charge on any atom is -0.334 e. The number of carbonyl (C=O) groups excluding carboxylic acids is 1.